The zero-order chi connectivity index (χ0) is 28.9. The minimum absolute atomic E-state index is 0.741. The molecule has 3 rings (SSSR count). The Morgan fingerprint density at radius 2 is 0.947 bits per heavy atom. The number of aliphatic hydroxyl groups excluding tert-OH is 11. The van der Waals surface area contributed by atoms with Crippen LogP contribution in [0.3, 0.4) is 0 Å². The van der Waals surface area contributed by atoms with E-state index in [0.717, 1.165) is 6.92 Å². The van der Waals surface area contributed by atoms with Crippen molar-refractivity contribution in [1.29, 1.82) is 0 Å². The lowest BCUT2D eigenvalue weighted by Crippen LogP contribution is -2.66. The second kappa shape index (κ2) is 14.5. The van der Waals surface area contributed by atoms with E-state index >= 15 is 0 Å². The number of hydrogen-bond donors (Lipinski definition) is 12. The molecule has 0 aromatic rings. The number of aliphatic carboxylic acids is 1. The third-order valence-corrected chi connectivity index (χ3v) is 6.09. The van der Waals surface area contributed by atoms with E-state index in [9.17, 15) is 56.2 Å². The van der Waals surface area contributed by atoms with Crippen LogP contribution in [0.2, 0.25) is 0 Å². The maximum atomic E-state index is 10.6. The fourth-order valence-corrected chi connectivity index (χ4v) is 4.06. The van der Waals surface area contributed by atoms with E-state index in [1.165, 1.54) is 0 Å². The number of aliphatic hydroxyl groups is 11. The Kier molecular flexibility index (Phi) is 12.6. The van der Waals surface area contributed by atoms with Crippen molar-refractivity contribution in [3.63, 3.8) is 0 Å². The first kappa shape index (κ1) is 33.0. The van der Waals surface area contributed by atoms with Crippen LogP contribution in [0.4, 0.5) is 0 Å². The lowest BCUT2D eigenvalue weighted by Gasteiger charge is -2.47. The molecule has 18 nitrogen and oxygen atoms in total. The lowest BCUT2D eigenvalue weighted by atomic mass is 9.96. The molecule has 15 atom stereocenters. The number of rotatable bonds is 7. The number of carboxylic acid groups (broad SMARTS) is 1. The summed E-state index contributed by atoms with van der Waals surface area (Å²) in [6.07, 6.45) is -25.1. The SMILES string of the molecule is CC(=O)O.OC[C@H]1OC(O[C@H]2[C@H](O)[C@@H](O)C(O[C@H]3[C@H](O)[C@@H](O)[C@@H](O)O[C@@H]3CO)O[C@@H]2CO)[C@H](O)[C@@H](O)[C@@H]1O. The Bertz CT molecular complexity index is 718. The highest BCUT2D eigenvalue weighted by atomic mass is 16.8. The Balaban J connectivity index is 0.00000118. The highest BCUT2D eigenvalue weighted by molar-refractivity contribution is 5.62. The molecule has 0 radical (unpaired) electrons. The van der Waals surface area contributed by atoms with Crippen LogP contribution >= 0.6 is 0 Å². The second-order valence-electron chi connectivity index (χ2n) is 8.85. The van der Waals surface area contributed by atoms with Gasteiger partial charge in [0.2, 0.25) is 0 Å². The summed E-state index contributed by atoms with van der Waals surface area (Å²) in [5, 5.41) is 116. The largest absolute Gasteiger partial charge is 0.481 e. The molecule has 0 aromatic carbocycles. The van der Waals surface area contributed by atoms with Gasteiger partial charge in [0.15, 0.2) is 18.9 Å². The molecule has 3 heterocycles. The number of hydrogen-bond acceptors (Lipinski definition) is 17. The van der Waals surface area contributed by atoms with Gasteiger partial charge in [-0.3, -0.25) is 4.79 Å². The molecule has 3 saturated heterocycles. The average Bonchev–Trinajstić information content (AvgIpc) is 2.87. The molecule has 224 valence electrons. The summed E-state index contributed by atoms with van der Waals surface area (Å²) in [6.45, 7) is -1.24. The smallest absolute Gasteiger partial charge is 0.300 e. The summed E-state index contributed by atoms with van der Waals surface area (Å²) >= 11 is 0. The summed E-state index contributed by atoms with van der Waals surface area (Å²) < 4.78 is 26.4. The predicted molar refractivity (Wildman–Crippen MR) is 115 cm³/mol. The molecule has 3 fully saturated rings. The molecule has 18 heteroatoms. The van der Waals surface area contributed by atoms with Gasteiger partial charge in [0.1, 0.15) is 73.2 Å². The molecule has 3 aliphatic heterocycles. The van der Waals surface area contributed by atoms with E-state index in [1.54, 1.807) is 0 Å². The molecule has 12 N–H and O–H groups in total. The molecule has 3 aliphatic rings. The summed E-state index contributed by atoms with van der Waals surface area (Å²) in [4.78, 5) is 9.00. The quantitative estimate of drug-likeness (QED) is 0.137. The third kappa shape index (κ3) is 7.52. The minimum atomic E-state index is -1.91. The van der Waals surface area contributed by atoms with Gasteiger partial charge < -0.3 is 85.0 Å². The van der Waals surface area contributed by atoms with E-state index in [4.69, 9.17) is 33.6 Å². The van der Waals surface area contributed by atoms with Crippen LogP contribution in [0.15, 0.2) is 0 Å². The maximum Gasteiger partial charge on any atom is 0.300 e. The van der Waals surface area contributed by atoms with Crippen molar-refractivity contribution in [1.82, 2.24) is 0 Å². The van der Waals surface area contributed by atoms with Crippen molar-refractivity contribution in [2.45, 2.75) is 99.0 Å². The Hall–Kier alpha value is -1.17. The highest BCUT2D eigenvalue weighted by Crippen LogP contribution is 2.32. The highest BCUT2D eigenvalue weighted by Gasteiger charge is 2.53. The van der Waals surface area contributed by atoms with Crippen molar-refractivity contribution in [2.24, 2.45) is 0 Å². The van der Waals surface area contributed by atoms with Crippen molar-refractivity contribution < 1.29 is 89.8 Å². The van der Waals surface area contributed by atoms with Gasteiger partial charge in [0, 0.05) is 6.92 Å². The van der Waals surface area contributed by atoms with Crippen molar-refractivity contribution in [3.05, 3.63) is 0 Å². The Labute approximate surface area is 215 Å². The van der Waals surface area contributed by atoms with Crippen LogP contribution in [0.1, 0.15) is 6.92 Å². The van der Waals surface area contributed by atoms with Crippen molar-refractivity contribution >= 4 is 5.97 Å². The first-order valence-corrected chi connectivity index (χ1v) is 11.5. The van der Waals surface area contributed by atoms with Gasteiger partial charge in [0.25, 0.3) is 5.97 Å². The summed E-state index contributed by atoms with van der Waals surface area (Å²) in [6, 6.07) is 0. The summed E-state index contributed by atoms with van der Waals surface area (Å²) in [5.74, 6) is -0.833. The standard InChI is InChI=1S/C18H32O16.C2H4O2/c19-1-4-7(22)8(23)12(27)17(31-4)34-15-6(3-21)32-18(13(28)10(15)25)33-14-5(2-20)30-16(29)11(26)9(14)24;1-2(3)4/h4-29H,1-3H2;1H3,(H,3,4)/t4-,5-,6-,7-,8+,9-,10-,11-,12-,13-,14-,15-,16+,17?,18?;/m1./s1. The number of carboxylic acids is 1. The number of carbonyl (C=O) groups is 1. The van der Waals surface area contributed by atoms with E-state index in [2.05, 4.69) is 0 Å². The monoisotopic (exact) mass is 564 g/mol. The van der Waals surface area contributed by atoms with Gasteiger partial charge in [-0.25, -0.2) is 0 Å². The first-order chi connectivity index (χ1) is 17.8. The van der Waals surface area contributed by atoms with Gasteiger partial charge in [-0.2, -0.15) is 0 Å². The Morgan fingerprint density at radius 3 is 1.39 bits per heavy atom. The topological polar surface area (TPSA) is 306 Å². The molecule has 0 aliphatic carbocycles. The molecular formula is C20H36O18. The van der Waals surface area contributed by atoms with Gasteiger partial charge in [0.05, 0.1) is 19.8 Å². The van der Waals surface area contributed by atoms with Gasteiger partial charge in [-0.05, 0) is 0 Å². The first-order valence-electron chi connectivity index (χ1n) is 11.5. The fourth-order valence-electron chi connectivity index (χ4n) is 4.06. The normalized spacial score (nSPS) is 47.6. The summed E-state index contributed by atoms with van der Waals surface area (Å²) in [5.41, 5.74) is 0. The van der Waals surface area contributed by atoms with Crippen molar-refractivity contribution in [3.8, 4) is 0 Å². The molecule has 0 aromatic heterocycles. The van der Waals surface area contributed by atoms with E-state index < -0.39 is 118 Å². The summed E-state index contributed by atoms with van der Waals surface area (Å²) in [7, 11) is 0. The van der Waals surface area contributed by atoms with Gasteiger partial charge in [-0.15, -0.1) is 0 Å². The molecule has 0 spiro atoms. The van der Waals surface area contributed by atoms with Crippen LogP contribution in [0.5, 0.6) is 0 Å². The number of ether oxygens (including phenoxy) is 5. The minimum Gasteiger partial charge on any atom is -0.481 e. The fraction of sp³-hybridized carbons (Fsp3) is 0.950. The van der Waals surface area contributed by atoms with E-state index in [1.807, 2.05) is 0 Å². The van der Waals surface area contributed by atoms with Crippen LogP contribution in [-0.2, 0) is 28.5 Å². The third-order valence-electron chi connectivity index (χ3n) is 6.09. The lowest BCUT2D eigenvalue weighted by molar-refractivity contribution is -0.377. The van der Waals surface area contributed by atoms with Crippen LogP contribution in [-0.4, -0.2) is 179 Å². The maximum absolute atomic E-state index is 10.6. The molecule has 0 bridgehead atoms. The van der Waals surface area contributed by atoms with Crippen molar-refractivity contribution in [2.75, 3.05) is 19.8 Å². The van der Waals surface area contributed by atoms with Crippen LogP contribution < -0.4 is 0 Å². The second-order valence-corrected chi connectivity index (χ2v) is 8.85. The predicted octanol–water partition coefficient (Wildman–Crippen LogP) is -7.48. The molecule has 2 unspecified atom stereocenters. The molecule has 0 amide bonds. The molecule has 0 saturated carbocycles. The van der Waals surface area contributed by atoms with Gasteiger partial charge >= 0.3 is 0 Å². The Morgan fingerprint density at radius 1 is 0.579 bits per heavy atom. The van der Waals surface area contributed by atoms with Crippen LogP contribution in [0, 0.1) is 0 Å². The molecule has 38 heavy (non-hydrogen) atoms. The zero-order valence-electron chi connectivity index (χ0n) is 20.1. The average molecular weight is 564 g/mol. The van der Waals surface area contributed by atoms with E-state index in [0.29, 0.717) is 0 Å². The zero-order valence-corrected chi connectivity index (χ0v) is 20.1. The van der Waals surface area contributed by atoms with E-state index in [-0.39, 0.29) is 0 Å². The van der Waals surface area contributed by atoms with Gasteiger partial charge in [-0.1, -0.05) is 0 Å². The molecular weight excluding hydrogens is 528 g/mol. The van der Waals surface area contributed by atoms with Crippen LogP contribution in [0.25, 0.3) is 0 Å².